The van der Waals surface area contributed by atoms with Crippen LogP contribution in [0.15, 0.2) is 199 Å². The molecule has 0 aliphatic carbocycles. The van der Waals surface area contributed by atoms with Crippen molar-refractivity contribution in [3.05, 3.63) is 195 Å². The molecule has 5 heterocycles. The first kappa shape index (κ1) is 33.8. The van der Waals surface area contributed by atoms with E-state index >= 15 is 0 Å². The molecule has 12 aromatic rings. The number of furan rings is 1. The van der Waals surface area contributed by atoms with E-state index in [1.54, 1.807) is 6.33 Å². The van der Waals surface area contributed by atoms with Gasteiger partial charge in [-0.3, -0.25) is 0 Å². The summed E-state index contributed by atoms with van der Waals surface area (Å²) in [5, 5.41) is 5.61. The number of fused-ring (bicyclic) bond motifs is 7. The van der Waals surface area contributed by atoms with Crippen LogP contribution in [-0.4, -0.2) is 29.5 Å². The zero-order valence-corrected chi connectivity index (χ0v) is 32.1. The van der Waals surface area contributed by atoms with E-state index in [9.17, 15) is 0 Å². The molecule has 0 fully saturated rings. The number of hydrogen-bond acceptors (Lipinski definition) is 6. The maximum absolute atomic E-state index is 6.33. The highest BCUT2D eigenvalue weighted by Crippen LogP contribution is 2.37. The van der Waals surface area contributed by atoms with Gasteiger partial charge in [0.25, 0.3) is 0 Å². The van der Waals surface area contributed by atoms with Crippen LogP contribution in [0.2, 0.25) is 0 Å². The lowest BCUT2D eigenvalue weighted by atomic mass is 10.0. The maximum Gasteiger partial charge on any atom is 0.229 e. The Morgan fingerprint density at radius 1 is 0.417 bits per heavy atom. The summed E-state index contributed by atoms with van der Waals surface area (Å²) in [7, 11) is 0. The van der Waals surface area contributed by atoms with Gasteiger partial charge in [-0.25, -0.2) is 24.9 Å². The summed E-state index contributed by atoms with van der Waals surface area (Å²) in [5.74, 6) is 0.668. The van der Waals surface area contributed by atoms with Gasteiger partial charge >= 0.3 is 0 Å². The lowest BCUT2D eigenvalue weighted by Crippen LogP contribution is -1.97. The second kappa shape index (κ2) is 13.7. The normalized spacial score (nSPS) is 11.7. The van der Waals surface area contributed by atoms with Gasteiger partial charge < -0.3 is 8.98 Å². The van der Waals surface area contributed by atoms with Gasteiger partial charge in [0.05, 0.1) is 27.8 Å². The van der Waals surface area contributed by atoms with Crippen molar-refractivity contribution in [3.8, 4) is 62.0 Å². The third-order valence-corrected chi connectivity index (χ3v) is 11.4. The van der Waals surface area contributed by atoms with Crippen LogP contribution in [0.4, 0.5) is 0 Å². The van der Waals surface area contributed by atoms with E-state index in [0.29, 0.717) is 17.1 Å². The number of nitrogens with zero attached hydrogens (tertiary/aromatic N) is 6. The highest BCUT2D eigenvalue weighted by atomic mass is 16.3. The summed E-state index contributed by atoms with van der Waals surface area (Å²) in [6.45, 7) is 0. The van der Waals surface area contributed by atoms with Crippen LogP contribution >= 0.6 is 0 Å². The van der Waals surface area contributed by atoms with Gasteiger partial charge in [0.15, 0.2) is 11.4 Å². The summed E-state index contributed by atoms with van der Waals surface area (Å²) in [6.07, 6.45) is 3.45. The highest BCUT2D eigenvalue weighted by Gasteiger charge is 2.18. The van der Waals surface area contributed by atoms with Crippen LogP contribution in [0, 0.1) is 0 Å². The Labute approximate surface area is 343 Å². The molecule has 5 aromatic heterocycles. The van der Waals surface area contributed by atoms with E-state index in [-0.39, 0.29) is 0 Å². The Morgan fingerprint density at radius 3 is 1.88 bits per heavy atom. The average Bonchev–Trinajstić information content (AvgIpc) is 3.87. The summed E-state index contributed by atoms with van der Waals surface area (Å²) in [5.41, 5.74) is 13.6. The maximum atomic E-state index is 6.33. The van der Waals surface area contributed by atoms with Gasteiger partial charge in [0.1, 0.15) is 17.5 Å². The van der Waals surface area contributed by atoms with Gasteiger partial charge in [-0.15, -0.1) is 0 Å². The van der Waals surface area contributed by atoms with Crippen LogP contribution in [0.1, 0.15) is 0 Å². The van der Waals surface area contributed by atoms with Gasteiger partial charge in [0, 0.05) is 50.5 Å². The molecule has 0 aliphatic rings. The minimum Gasteiger partial charge on any atom is -0.434 e. The Balaban J connectivity index is 0.923. The molecule has 0 saturated carbocycles. The van der Waals surface area contributed by atoms with Crippen molar-refractivity contribution in [3.63, 3.8) is 0 Å². The van der Waals surface area contributed by atoms with Crippen LogP contribution in [0.25, 0.3) is 117 Å². The zero-order valence-electron chi connectivity index (χ0n) is 32.1. The molecule has 60 heavy (non-hydrogen) atoms. The average molecular weight is 769 g/mol. The van der Waals surface area contributed by atoms with Crippen LogP contribution in [0.3, 0.4) is 0 Å². The first-order valence-electron chi connectivity index (χ1n) is 19.9. The lowest BCUT2D eigenvalue weighted by Gasteiger charge is -2.12. The Kier molecular flexibility index (Phi) is 7.71. The van der Waals surface area contributed by atoms with Crippen molar-refractivity contribution in [2.75, 3.05) is 0 Å². The first-order valence-corrected chi connectivity index (χ1v) is 19.9. The first-order chi connectivity index (χ1) is 29.7. The number of hydrogen-bond donors (Lipinski definition) is 0. The van der Waals surface area contributed by atoms with Crippen molar-refractivity contribution in [2.24, 2.45) is 0 Å². The predicted molar refractivity (Wildman–Crippen MR) is 242 cm³/mol. The molecular weight excluding hydrogens is 737 g/mol. The Morgan fingerprint density at radius 2 is 1.08 bits per heavy atom. The van der Waals surface area contributed by atoms with E-state index in [1.807, 2.05) is 36.5 Å². The molecule has 0 radical (unpaired) electrons. The van der Waals surface area contributed by atoms with Gasteiger partial charge in [-0.1, -0.05) is 140 Å². The van der Waals surface area contributed by atoms with Gasteiger partial charge in [-0.2, -0.15) is 0 Å². The molecule has 7 nitrogen and oxygen atoms in total. The molecule has 12 rings (SSSR count). The lowest BCUT2D eigenvalue weighted by molar-refractivity contribution is 0.652. The van der Waals surface area contributed by atoms with Gasteiger partial charge in [0.2, 0.25) is 5.71 Å². The number of rotatable bonds is 6. The Hall–Kier alpha value is -8.29. The topological polar surface area (TPSA) is 82.5 Å². The van der Waals surface area contributed by atoms with E-state index in [1.165, 1.54) is 27.2 Å². The highest BCUT2D eigenvalue weighted by molar-refractivity contribution is 6.09. The third-order valence-electron chi connectivity index (χ3n) is 11.4. The fraction of sp³-hybridized carbons (Fsp3) is 0. The predicted octanol–water partition coefficient (Wildman–Crippen LogP) is 13.1. The van der Waals surface area contributed by atoms with Crippen LogP contribution in [0.5, 0.6) is 0 Å². The molecule has 0 atom stereocenters. The monoisotopic (exact) mass is 768 g/mol. The molecule has 0 unspecified atom stereocenters. The number of aromatic nitrogens is 6. The molecule has 0 bridgehead atoms. The summed E-state index contributed by atoms with van der Waals surface area (Å²) < 4.78 is 8.66. The minimum atomic E-state index is 0.525. The van der Waals surface area contributed by atoms with Crippen molar-refractivity contribution >= 4 is 54.8 Å². The molecule has 0 N–H and O–H groups in total. The van der Waals surface area contributed by atoms with E-state index < -0.39 is 0 Å². The van der Waals surface area contributed by atoms with E-state index in [2.05, 4.69) is 166 Å². The number of pyridine rings is 1. The quantitative estimate of drug-likeness (QED) is 0.167. The largest absolute Gasteiger partial charge is 0.434 e. The van der Waals surface area contributed by atoms with E-state index in [4.69, 9.17) is 19.4 Å². The zero-order chi connectivity index (χ0) is 39.6. The Bertz CT molecular complexity index is 3560. The minimum absolute atomic E-state index is 0.525. The standard InChI is InChI=1S/C53H32N6O/c1-2-12-36(13-3-1)52-57-45(30-46(58-52)38-15-10-16-41(28-38)59-47-19-8-6-17-42(47)43-18-7-9-20-48(43)59)35-24-21-34(22-25-35)40-29-44-50-51(60-53(44)54-31-40)49(55-32-56-50)39-26-23-33-11-4-5-14-37(33)27-39/h1-32H. The summed E-state index contributed by atoms with van der Waals surface area (Å²) >= 11 is 0. The van der Waals surface area contributed by atoms with E-state index in [0.717, 1.165) is 72.4 Å². The number of benzene rings is 7. The van der Waals surface area contributed by atoms with Crippen molar-refractivity contribution in [1.82, 2.24) is 29.5 Å². The van der Waals surface area contributed by atoms with Crippen molar-refractivity contribution in [2.45, 2.75) is 0 Å². The molecule has 0 saturated heterocycles. The molecule has 7 heteroatoms. The molecule has 280 valence electrons. The van der Waals surface area contributed by atoms with Gasteiger partial charge in [-0.05, 0) is 58.8 Å². The SMILES string of the molecule is c1ccc(-c2nc(-c3ccc(-c4cnc5oc6c(-c7ccc8ccccc8c7)ncnc6c5c4)cc3)cc(-c3cccc(-n4c5ccccc5c5ccccc54)c3)n2)cc1. The van der Waals surface area contributed by atoms with Crippen molar-refractivity contribution in [1.29, 1.82) is 0 Å². The second-order valence-electron chi connectivity index (χ2n) is 15.0. The molecule has 7 aromatic carbocycles. The number of para-hydroxylation sites is 2. The molecule has 0 amide bonds. The third kappa shape index (κ3) is 5.63. The van der Waals surface area contributed by atoms with Crippen LogP contribution in [-0.2, 0) is 0 Å². The van der Waals surface area contributed by atoms with Crippen LogP contribution < -0.4 is 0 Å². The fourth-order valence-electron chi connectivity index (χ4n) is 8.46. The second-order valence-corrected chi connectivity index (χ2v) is 15.0. The smallest absolute Gasteiger partial charge is 0.229 e. The van der Waals surface area contributed by atoms with Crippen molar-refractivity contribution < 1.29 is 4.42 Å². The molecular formula is C53H32N6O. The summed E-state index contributed by atoms with van der Waals surface area (Å²) in [4.78, 5) is 24.3. The fourth-order valence-corrected chi connectivity index (χ4v) is 8.46. The summed E-state index contributed by atoms with van der Waals surface area (Å²) in [6, 6.07) is 63.2. The molecule has 0 spiro atoms. The molecule has 0 aliphatic heterocycles.